The Kier molecular flexibility index (Phi) is 19.2. The number of phenols is 1. The molecule has 1 unspecified atom stereocenters. The second kappa shape index (κ2) is 22.0. The maximum atomic E-state index is 12.2. The van der Waals surface area contributed by atoms with Crippen molar-refractivity contribution in [3.8, 4) is 11.8 Å². The number of nitriles is 1. The van der Waals surface area contributed by atoms with E-state index in [1.807, 2.05) is 43.3 Å². The van der Waals surface area contributed by atoms with Crippen molar-refractivity contribution in [2.45, 2.75) is 48.7 Å². The molecule has 7 nitrogen and oxygen atoms in total. The number of piperidine rings is 1. The average Bonchev–Trinajstić information content (AvgIpc) is 3.62. The van der Waals surface area contributed by atoms with Gasteiger partial charge >= 0.3 is 62.3 Å². The van der Waals surface area contributed by atoms with Crippen LogP contribution in [0.2, 0.25) is 0 Å². The molecule has 6 rings (SSSR count). The number of nitrogens with one attached hydrogen (secondary N) is 1. The van der Waals surface area contributed by atoms with E-state index in [1.54, 1.807) is 35.9 Å². The monoisotopic (exact) mass is 1060 g/mol. The second-order valence-electron chi connectivity index (χ2n) is 13.1. The van der Waals surface area contributed by atoms with Crippen LogP contribution in [0.3, 0.4) is 0 Å². The molecule has 1 saturated heterocycles. The number of thioether (sulfide) groups is 1. The van der Waals surface area contributed by atoms with E-state index in [-0.39, 0.29) is 21.4 Å². The summed E-state index contributed by atoms with van der Waals surface area (Å²) in [5.74, 6) is -13.4. The van der Waals surface area contributed by atoms with Crippen LogP contribution in [0.1, 0.15) is 30.0 Å². The molecule has 4 aromatic carbocycles. The predicted octanol–water partition coefficient (Wildman–Crippen LogP) is 8.17. The van der Waals surface area contributed by atoms with E-state index in [4.69, 9.17) is 4.28 Å². The summed E-state index contributed by atoms with van der Waals surface area (Å²) in [5.41, 5.74) is 4.13. The summed E-state index contributed by atoms with van der Waals surface area (Å²) in [6, 6.07) is 32.4. The molecule has 0 aromatic heterocycles. The summed E-state index contributed by atoms with van der Waals surface area (Å²) in [6.45, 7) is 0.820. The first-order valence-electron chi connectivity index (χ1n) is 17.5. The third-order valence-corrected chi connectivity index (χ3v) is 12.0. The molecule has 4 aromatic rings. The van der Waals surface area contributed by atoms with Gasteiger partial charge in [0.25, 0.3) is 0 Å². The van der Waals surface area contributed by atoms with Crippen molar-refractivity contribution in [1.29, 1.82) is 5.26 Å². The zero-order valence-electron chi connectivity index (χ0n) is 32.6. The van der Waals surface area contributed by atoms with Gasteiger partial charge in [-0.3, -0.25) is 4.28 Å². The number of fused-ring (bicyclic) bond motifs is 1. The van der Waals surface area contributed by atoms with Gasteiger partial charge in [-0.15, -0.1) is 0 Å². The summed E-state index contributed by atoms with van der Waals surface area (Å²) >= 11 is -7.97. The summed E-state index contributed by atoms with van der Waals surface area (Å²) in [4.78, 5) is 1.29. The van der Waals surface area contributed by atoms with Gasteiger partial charge in [0.1, 0.15) is 28.9 Å². The van der Waals surface area contributed by atoms with Crippen LogP contribution in [0.15, 0.2) is 118 Å². The van der Waals surface area contributed by atoms with Crippen LogP contribution in [0.25, 0.3) is 16.3 Å². The van der Waals surface area contributed by atoms with Crippen molar-refractivity contribution in [2.75, 3.05) is 25.1 Å². The number of hydrogen-bond acceptors (Lipinski definition) is 8. The number of allylic oxidation sites excluding steroid dienone is 2. The Balaban J connectivity index is 0.000000308. The van der Waals surface area contributed by atoms with Crippen molar-refractivity contribution < 1.29 is 62.9 Å². The van der Waals surface area contributed by atoms with Crippen molar-refractivity contribution in [1.82, 2.24) is 5.32 Å². The summed E-state index contributed by atoms with van der Waals surface area (Å²) in [6.07, 6.45) is 4.44. The fourth-order valence-electron chi connectivity index (χ4n) is 5.27. The van der Waals surface area contributed by atoms with Gasteiger partial charge in [0, 0.05) is 22.0 Å². The number of rotatable bonds is 8. The van der Waals surface area contributed by atoms with Crippen LogP contribution in [0.4, 0.5) is 40.4 Å². The standard InChI is InChI=1S/C18H16OS.C16H16N2O3S2.C5H5F6N.6FH.Sb/c1-20(18-10-8-17(19)9-11-18)13-14-6-7-15-4-2-3-5-16(15)12-14;1-3-10-23(19,20)21-18-16-14(8-9-22-16)15(11-17)13-7-5-4-6-12(13)2;6-3(7)1-12-2-4(8,9)5(3,10)11;;;;;;;/h2-12H,13H2,1H3;4-9H,3,10H2,1-2H3;12H,1-2H2;6*1H;/q;;;;;;;;;+5/p-5/b;15-14+,18-16-;;;;;;;;. The van der Waals surface area contributed by atoms with Crippen LogP contribution in [-0.4, -0.2) is 81.7 Å². The minimum atomic E-state index is -9.19. The quantitative estimate of drug-likeness (QED) is 0.0603. The van der Waals surface area contributed by atoms with Crippen LogP contribution in [0, 0.1) is 18.3 Å². The molecule has 1 atom stereocenters. The number of phenolic OH excluding ortho intramolecular Hbond substituents is 1. The fourth-order valence-corrected chi connectivity index (χ4v) is 8.23. The van der Waals surface area contributed by atoms with E-state index in [1.165, 1.54) is 33.0 Å². The van der Waals surface area contributed by atoms with Crippen LogP contribution >= 0.6 is 11.8 Å². The van der Waals surface area contributed by atoms with Gasteiger partial charge in [0.05, 0.1) is 24.4 Å². The van der Waals surface area contributed by atoms with Gasteiger partial charge in [0.15, 0.2) is 4.90 Å². The Labute approximate surface area is 361 Å². The Hall–Kier alpha value is -4.03. The summed E-state index contributed by atoms with van der Waals surface area (Å²) < 4.78 is 151. The van der Waals surface area contributed by atoms with Crippen LogP contribution < -0.4 is 10.0 Å². The molecule has 0 amide bonds. The molecule has 0 saturated carbocycles. The molecule has 0 bridgehead atoms. The van der Waals surface area contributed by atoms with Crippen molar-refractivity contribution in [3.05, 3.63) is 125 Å². The Morgan fingerprint density at radius 3 is 1.98 bits per heavy atom. The molecule has 2 aliphatic heterocycles. The molecule has 2 N–H and O–H groups in total. The van der Waals surface area contributed by atoms with E-state index >= 15 is 0 Å². The molecule has 0 radical (unpaired) electrons. The SMILES string of the molecule is CCCS(=O)(=O)O/N=C1\SC=C\C1=C(\C#N)c1ccccc1C.C[S+](Cc1ccc2ccccc2c1)c1ccc(O)cc1.FC1(F)CNCC(F)(F)C1(F)F.[F-].[F][Sb]([F])([F])([F])[F]. The normalized spacial score (nSPS) is 18.7. The van der Waals surface area contributed by atoms with E-state index in [9.17, 15) is 59.2 Å². The number of oxime groups is 1. The molecular formula is C39H38F12N3O4S3Sb. The number of alkyl halides is 6. The van der Waals surface area contributed by atoms with Crippen molar-refractivity contribution in [2.24, 2.45) is 5.16 Å². The molecule has 1 fully saturated rings. The maximum absolute atomic E-state index is 12.2. The first-order valence-corrected chi connectivity index (χ1v) is 26.6. The number of hydrogen-bond donors (Lipinski definition) is 2. The number of aryl methyl sites for hydroxylation is 1. The van der Waals surface area contributed by atoms with Gasteiger partial charge < -0.3 is 15.1 Å². The number of nitrogens with zero attached hydrogens (tertiary/aromatic N) is 2. The number of benzene rings is 4. The van der Waals surface area contributed by atoms with Gasteiger partial charge in [-0.25, -0.2) is 0 Å². The van der Waals surface area contributed by atoms with Gasteiger partial charge in [-0.05, 0) is 77.1 Å². The predicted molar refractivity (Wildman–Crippen MR) is 219 cm³/mol. The zero-order chi connectivity index (χ0) is 45.9. The molecule has 62 heavy (non-hydrogen) atoms. The van der Waals surface area contributed by atoms with E-state index in [0.29, 0.717) is 28.4 Å². The number of aromatic hydroxyl groups is 1. The Morgan fingerprint density at radius 1 is 0.903 bits per heavy atom. The van der Waals surface area contributed by atoms with Gasteiger partial charge in [0.2, 0.25) is 0 Å². The molecule has 2 aliphatic rings. The fraction of sp³-hybridized carbons (Fsp3) is 0.282. The van der Waals surface area contributed by atoms with Crippen LogP contribution in [0.5, 0.6) is 5.75 Å². The molecule has 0 spiro atoms. The third kappa shape index (κ3) is 16.6. The molecule has 2 heterocycles. The average molecular weight is 1060 g/mol. The van der Waals surface area contributed by atoms with E-state index in [0.717, 1.165) is 16.9 Å². The molecule has 23 heteroatoms. The summed E-state index contributed by atoms with van der Waals surface area (Å²) in [5, 5.41) is 28.9. The van der Waals surface area contributed by atoms with E-state index < -0.39 is 61.3 Å². The van der Waals surface area contributed by atoms with Gasteiger partial charge in [-0.1, -0.05) is 84.5 Å². The first-order chi connectivity index (χ1) is 28.1. The third-order valence-electron chi connectivity index (χ3n) is 8.18. The Bertz CT molecular complexity index is 2350. The zero-order valence-corrected chi connectivity index (χ0v) is 37.6. The van der Waals surface area contributed by atoms with Crippen molar-refractivity contribution in [3.63, 3.8) is 0 Å². The topological polar surface area (TPSA) is 112 Å². The van der Waals surface area contributed by atoms with E-state index in [2.05, 4.69) is 59.9 Å². The first kappa shape index (κ1) is 54.1. The van der Waals surface area contributed by atoms with Crippen LogP contribution in [-0.2, 0) is 31.0 Å². The Morgan fingerprint density at radius 2 is 1.45 bits per heavy atom. The molecular weight excluding hydrogens is 1020 g/mol. The minimum absolute atomic E-state index is 0. The molecule has 340 valence electrons. The van der Waals surface area contributed by atoms with Gasteiger partial charge in [-0.2, -0.15) is 40.0 Å². The molecule has 0 aliphatic carbocycles. The number of halogens is 12. The van der Waals surface area contributed by atoms with Crippen molar-refractivity contribution >= 4 is 74.5 Å². The summed E-state index contributed by atoms with van der Waals surface area (Å²) in [7, 11) is -3.53. The second-order valence-corrected chi connectivity index (χ2v) is 21.3.